The van der Waals surface area contributed by atoms with Crippen molar-refractivity contribution in [1.82, 2.24) is 9.97 Å². The Morgan fingerprint density at radius 2 is 2.14 bits per heavy atom. The quantitative estimate of drug-likeness (QED) is 0.740. The molecule has 0 atom stereocenters. The highest BCUT2D eigenvalue weighted by Crippen LogP contribution is 2.18. The Kier molecular flexibility index (Phi) is 2.02. The van der Waals surface area contributed by atoms with Crippen molar-refractivity contribution < 1.29 is 4.79 Å². The maximum absolute atomic E-state index is 11.1. The summed E-state index contributed by atoms with van der Waals surface area (Å²) in [5, 5.41) is 0. The lowest BCUT2D eigenvalue weighted by molar-refractivity contribution is 0.100. The minimum Gasteiger partial charge on any atom is -0.366 e. The fourth-order valence-electron chi connectivity index (χ4n) is 1.32. The van der Waals surface area contributed by atoms with E-state index < -0.39 is 5.91 Å². The maximum Gasteiger partial charge on any atom is 0.249 e. The third-order valence-corrected chi connectivity index (χ3v) is 1.95. The van der Waals surface area contributed by atoms with Crippen LogP contribution in [0.3, 0.4) is 0 Å². The summed E-state index contributed by atoms with van der Waals surface area (Å²) >= 11 is 0. The zero-order valence-electron chi connectivity index (χ0n) is 7.40. The van der Waals surface area contributed by atoms with Gasteiger partial charge < -0.3 is 10.7 Å². The molecule has 14 heavy (non-hydrogen) atoms. The van der Waals surface area contributed by atoms with Crippen molar-refractivity contribution >= 4 is 5.91 Å². The number of hydrogen-bond acceptors (Lipinski definition) is 2. The van der Waals surface area contributed by atoms with E-state index in [0.717, 1.165) is 5.56 Å². The van der Waals surface area contributed by atoms with E-state index in [2.05, 4.69) is 9.97 Å². The summed E-state index contributed by atoms with van der Waals surface area (Å²) in [4.78, 5) is 18.1. The zero-order chi connectivity index (χ0) is 9.97. The topological polar surface area (TPSA) is 71.8 Å². The number of nitrogens with zero attached hydrogens (tertiary/aromatic N) is 1. The normalized spacial score (nSPS) is 10.0. The molecule has 2 rings (SSSR count). The second kappa shape index (κ2) is 3.33. The van der Waals surface area contributed by atoms with Crippen LogP contribution in [0.15, 0.2) is 36.7 Å². The van der Waals surface area contributed by atoms with Gasteiger partial charge in [-0.15, -0.1) is 0 Å². The van der Waals surface area contributed by atoms with Gasteiger partial charge in [0.2, 0.25) is 5.91 Å². The fourth-order valence-corrected chi connectivity index (χ4v) is 1.32. The van der Waals surface area contributed by atoms with Crippen LogP contribution in [0.1, 0.15) is 10.4 Å². The Morgan fingerprint density at radius 1 is 1.36 bits per heavy atom. The molecule has 1 amide bonds. The van der Waals surface area contributed by atoms with Crippen LogP contribution in [0.5, 0.6) is 0 Å². The summed E-state index contributed by atoms with van der Waals surface area (Å²) < 4.78 is 0. The van der Waals surface area contributed by atoms with Gasteiger partial charge >= 0.3 is 0 Å². The zero-order valence-corrected chi connectivity index (χ0v) is 7.40. The lowest BCUT2D eigenvalue weighted by atomic mass is 10.1. The summed E-state index contributed by atoms with van der Waals surface area (Å²) in [7, 11) is 0. The SMILES string of the molecule is NC(=O)c1ccccc1-c1ncc[nH]1. The van der Waals surface area contributed by atoms with Crippen molar-refractivity contribution in [3.05, 3.63) is 42.2 Å². The first-order chi connectivity index (χ1) is 6.79. The number of rotatable bonds is 2. The molecule has 0 bridgehead atoms. The Hall–Kier alpha value is -2.10. The van der Waals surface area contributed by atoms with Crippen LogP contribution in [0.25, 0.3) is 11.4 Å². The van der Waals surface area contributed by atoms with E-state index >= 15 is 0 Å². The number of carbonyl (C=O) groups excluding carboxylic acids is 1. The number of imidazole rings is 1. The predicted molar refractivity (Wildman–Crippen MR) is 52.5 cm³/mol. The van der Waals surface area contributed by atoms with Crippen molar-refractivity contribution in [3.8, 4) is 11.4 Å². The van der Waals surface area contributed by atoms with E-state index in [4.69, 9.17) is 5.73 Å². The Morgan fingerprint density at radius 3 is 2.79 bits per heavy atom. The molecule has 0 spiro atoms. The average molecular weight is 187 g/mol. The Balaban J connectivity index is 2.58. The molecule has 70 valence electrons. The molecule has 0 saturated carbocycles. The van der Waals surface area contributed by atoms with Crippen molar-refractivity contribution in [2.24, 2.45) is 5.73 Å². The number of benzene rings is 1. The van der Waals surface area contributed by atoms with Gasteiger partial charge in [0.25, 0.3) is 0 Å². The summed E-state index contributed by atoms with van der Waals surface area (Å²) in [6.07, 6.45) is 3.33. The highest BCUT2D eigenvalue weighted by atomic mass is 16.1. The molecule has 0 aliphatic heterocycles. The third-order valence-electron chi connectivity index (χ3n) is 1.95. The van der Waals surface area contributed by atoms with E-state index in [1.165, 1.54) is 0 Å². The first-order valence-electron chi connectivity index (χ1n) is 4.17. The summed E-state index contributed by atoms with van der Waals surface area (Å²) in [6, 6.07) is 7.09. The first-order valence-corrected chi connectivity index (χ1v) is 4.17. The fraction of sp³-hybridized carbons (Fsp3) is 0. The van der Waals surface area contributed by atoms with Gasteiger partial charge in [0, 0.05) is 18.0 Å². The second-order valence-corrected chi connectivity index (χ2v) is 2.85. The van der Waals surface area contributed by atoms with Gasteiger partial charge in [-0.1, -0.05) is 18.2 Å². The molecular weight excluding hydrogens is 178 g/mol. The standard InChI is InChI=1S/C10H9N3O/c11-9(14)7-3-1-2-4-8(7)10-12-5-6-13-10/h1-6H,(H2,11,14)(H,12,13). The number of nitrogens with two attached hydrogens (primary N) is 1. The van der Waals surface area contributed by atoms with Gasteiger partial charge in [-0.3, -0.25) is 4.79 Å². The molecular formula is C10H9N3O. The molecule has 0 aliphatic carbocycles. The van der Waals surface area contributed by atoms with E-state index in [1.807, 2.05) is 6.07 Å². The lowest BCUT2D eigenvalue weighted by Crippen LogP contribution is -2.12. The highest BCUT2D eigenvalue weighted by molar-refractivity contribution is 5.98. The molecule has 0 unspecified atom stereocenters. The van der Waals surface area contributed by atoms with E-state index in [1.54, 1.807) is 30.6 Å². The van der Waals surface area contributed by atoms with Crippen LogP contribution >= 0.6 is 0 Å². The second-order valence-electron chi connectivity index (χ2n) is 2.85. The molecule has 0 aliphatic rings. The van der Waals surface area contributed by atoms with Gasteiger partial charge in [0.15, 0.2) is 0 Å². The largest absolute Gasteiger partial charge is 0.366 e. The molecule has 1 aromatic heterocycles. The lowest BCUT2D eigenvalue weighted by Gasteiger charge is -2.02. The van der Waals surface area contributed by atoms with Gasteiger partial charge in [-0.25, -0.2) is 4.98 Å². The van der Waals surface area contributed by atoms with Gasteiger partial charge in [0.05, 0.1) is 5.56 Å². The van der Waals surface area contributed by atoms with Crippen LogP contribution in [-0.2, 0) is 0 Å². The molecule has 0 radical (unpaired) electrons. The van der Waals surface area contributed by atoms with Crippen molar-refractivity contribution in [1.29, 1.82) is 0 Å². The van der Waals surface area contributed by atoms with Crippen LogP contribution in [0, 0.1) is 0 Å². The number of nitrogens with one attached hydrogen (secondary N) is 1. The molecule has 4 heteroatoms. The molecule has 2 aromatic rings. The van der Waals surface area contributed by atoms with Crippen molar-refractivity contribution in [2.75, 3.05) is 0 Å². The first kappa shape index (κ1) is 8.50. The van der Waals surface area contributed by atoms with Crippen LogP contribution in [0.2, 0.25) is 0 Å². The van der Waals surface area contributed by atoms with Crippen molar-refractivity contribution in [3.63, 3.8) is 0 Å². The number of hydrogen-bond donors (Lipinski definition) is 2. The number of amides is 1. The predicted octanol–water partition coefficient (Wildman–Crippen LogP) is 1.18. The number of aromatic amines is 1. The Labute approximate surface area is 80.8 Å². The summed E-state index contributed by atoms with van der Waals surface area (Å²) in [5.74, 6) is 0.205. The van der Waals surface area contributed by atoms with E-state index in [9.17, 15) is 4.79 Å². The van der Waals surface area contributed by atoms with Gasteiger partial charge in [0.1, 0.15) is 5.82 Å². The van der Waals surface area contributed by atoms with Crippen LogP contribution in [-0.4, -0.2) is 15.9 Å². The number of carbonyl (C=O) groups is 1. The number of primary amides is 1. The number of H-pyrrole nitrogens is 1. The number of aromatic nitrogens is 2. The van der Waals surface area contributed by atoms with E-state index in [0.29, 0.717) is 11.4 Å². The smallest absolute Gasteiger partial charge is 0.249 e. The average Bonchev–Trinajstić information content (AvgIpc) is 2.70. The molecule has 0 saturated heterocycles. The van der Waals surface area contributed by atoms with Crippen LogP contribution in [0.4, 0.5) is 0 Å². The van der Waals surface area contributed by atoms with Gasteiger partial charge in [-0.05, 0) is 6.07 Å². The molecule has 1 aromatic carbocycles. The monoisotopic (exact) mass is 187 g/mol. The molecule has 4 nitrogen and oxygen atoms in total. The van der Waals surface area contributed by atoms with Crippen molar-refractivity contribution in [2.45, 2.75) is 0 Å². The van der Waals surface area contributed by atoms with E-state index in [-0.39, 0.29) is 0 Å². The maximum atomic E-state index is 11.1. The highest BCUT2D eigenvalue weighted by Gasteiger charge is 2.09. The molecule has 0 fully saturated rings. The van der Waals surface area contributed by atoms with Crippen LogP contribution < -0.4 is 5.73 Å². The minimum atomic E-state index is -0.447. The van der Waals surface area contributed by atoms with Gasteiger partial charge in [-0.2, -0.15) is 0 Å². The molecule has 3 N–H and O–H groups in total. The summed E-state index contributed by atoms with van der Waals surface area (Å²) in [5.41, 5.74) is 6.44. The summed E-state index contributed by atoms with van der Waals surface area (Å²) in [6.45, 7) is 0. The Bertz CT molecular complexity index is 448. The third kappa shape index (κ3) is 1.37. The molecule has 1 heterocycles. The minimum absolute atomic E-state index is 0.447.